The van der Waals surface area contributed by atoms with E-state index in [0.717, 1.165) is 12.5 Å². The number of amides is 15. The van der Waals surface area contributed by atoms with Crippen LogP contribution in [0.25, 0.3) is 0 Å². The van der Waals surface area contributed by atoms with Crippen LogP contribution in [0.15, 0.2) is 72.8 Å². The highest BCUT2D eigenvalue weighted by atomic mass is 16.3. The summed E-state index contributed by atoms with van der Waals surface area (Å²) in [7, 11) is 0. The molecule has 0 heterocycles. The molecule has 702 valence electrons. The van der Waals surface area contributed by atoms with Crippen LogP contribution in [0.3, 0.4) is 0 Å². The smallest absolute Gasteiger partial charge is 0.251 e. The largest absolute Gasteiger partial charge is 0.508 e. The van der Waals surface area contributed by atoms with Gasteiger partial charge in [0, 0.05) is 57.5 Å². The topological polar surface area (TPSA) is 813 Å². The lowest BCUT2D eigenvalue weighted by Gasteiger charge is -2.31. The van der Waals surface area contributed by atoms with Crippen LogP contribution in [0.1, 0.15) is 165 Å². The van der Waals surface area contributed by atoms with E-state index in [0.29, 0.717) is 11.1 Å². The number of carbonyl (C=O) groups is 15. The number of rotatable bonds is 58. The number of nitrogens with one attached hydrogen (secondary N) is 20. The Kier molecular flexibility index (Phi) is 47.0. The van der Waals surface area contributed by atoms with E-state index >= 15 is 0 Å². The van der Waals surface area contributed by atoms with Gasteiger partial charge in [0.1, 0.15) is 84.0 Å². The normalized spacial score (nSPS) is 14.5. The highest BCUT2D eigenvalue weighted by molar-refractivity contribution is 6.02. The summed E-state index contributed by atoms with van der Waals surface area (Å²) >= 11 is 0. The van der Waals surface area contributed by atoms with E-state index in [1.165, 1.54) is 60.7 Å². The number of phenols is 2. The maximum Gasteiger partial charge on any atom is 0.251 e. The quantitative estimate of drug-likeness (QED) is 0.0142. The van der Waals surface area contributed by atoms with Crippen LogP contribution in [-0.4, -0.2) is 233 Å². The van der Waals surface area contributed by atoms with Gasteiger partial charge in [0.25, 0.3) is 5.91 Å². The molecule has 39 N–H and O–H groups in total. The van der Waals surface area contributed by atoms with Gasteiger partial charge < -0.3 is 146 Å². The zero-order chi connectivity index (χ0) is 95.3. The summed E-state index contributed by atoms with van der Waals surface area (Å²) in [5, 5.41) is 103. The third-order valence-corrected chi connectivity index (χ3v) is 20.3. The number of benzene rings is 3. The van der Waals surface area contributed by atoms with Gasteiger partial charge in [-0.05, 0) is 142 Å². The number of hydrogen-bond donors (Lipinski definition) is 31. The minimum Gasteiger partial charge on any atom is -0.508 e. The molecule has 0 radical (unpaired) electrons. The fraction of sp³-hybridized carbons (Fsp3) is 0.543. The van der Waals surface area contributed by atoms with E-state index in [-0.39, 0.29) is 139 Å². The average molecular weight is 1780 g/mol. The maximum atomic E-state index is 15.0. The first-order valence-corrected chi connectivity index (χ1v) is 41.7. The van der Waals surface area contributed by atoms with Crippen molar-refractivity contribution in [1.82, 2.24) is 85.1 Å². The lowest BCUT2D eigenvalue weighted by molar-refractivity contribution is -0.138. The van der Waals surface area contributed by atoms with Gasteiger partial charge in [-0.1, -0.05) is 90.8 Å². The Morgan fingerprint density at radius 3 is 1.00 bits per heavy atom. The number of guanidine groups is 4. The number of aliphatic hydroxyl groups is 1. The summed E-state index contributed by atoms with van der Waals surface area (Å²) in [4.78, 5) is 212. The Morgan fingerprint density at radius 1 is 0.346 bits per heavy atom. The molecule has 0 saturated carbocycles. The Bertz CT molecular complexity index is 4240. The fourth-order valence-electron chi connectivity index (χ4n) is 12.8. The highest BCUT2D eigenvalue weighted by Crippen LogP contribution is 2.19. The fourth-order valence-corrected chi connectivity index (χ4v) is 12.8. The molecule has 46 nitrogen and oxygen atoms in total. The number of nitrogens with two attached hydrogens (primary N) is 8. The first-order chi connectivity index (χ1) is 59.9. The first kappa shape index (κ1) is 107. The van der Waals surface area contributed by atoms with E-state index in [1.54, 1.807) is 53.7 Å². The van der Waals surface area contributed by atoms with E-state index in [2.05, 4.69) is 85.1 Å². The molecule has 0 fully saturated rings. The lowest BCUT2D eigenvalue weighted by atomic mass is 9.95. The van der Waals surface area contributed by atoms with Crippen LogP contribution in [-0.2, 0) is 86.5 Å². The predicted octanol–water partition coefficient (Wildman–Crippen LogP) is -6.33. The summed E-state index contributed by atoms with van der Waals surface area (Å²) in [6, 6.07) is -1.79. The van der Waals surface area contributed by atoms with Gasteiger partial charge in [0.15, 0.2) is 23.8 Å². The van der Waals surface area contributed by atoms with Crippen LogP contribution < -0.4 is 131 Å². The summed E-state index contributed by atoms with van der Waals surface area (Å²) in [5.41, 5.74) is 46.4. The van der Waals surface area contributed by atoms with Crippen LogP contribution in [0.2, 0.25) is 0 Å². The number of phenolic OH excluding ortho intramolecular Hbond substituents is 2. The molecule has 0 aliphatic heterocycles. The molecule has 46 heteroatoms. The molecule has 0 spiro atoms. The van der Waals surface area contributed by atoms with Crippen molar-refractivity contribution in [3.8, 4) is 11.5 Å². The van der Waals surface area contributed by atoms with Crippen LogP contribution in [0.4, 0.5) is 0 Å². The molecule has 0 unspecified atom stereocenters. The van der Waals surface area contributed by atoms with Crippen molar-refractivity contribution in [2.45, 2.75) is 236 Å². The Balaban J connectivity index is 2.01. The van der Waals surface area contributed by atoms with Gasteiger partial charge >= 0.3 is 0 Å². The van der Waals surface area contributed by atoms with Crippen molar-refractivity contribution < 1.29 is 87.2 Å². The second-order valence-electron chi connectivity index (χ2n) is 31.3. The number of carbonyl (C=O) groups excluding carboxylic acids is 15. The van der Waals surface area contributed by atoms with E-state index in [9.17, 15) is 87.2 Å². The number of primary amides is 3. The van der Waals surface area contributed by atoms with Gasteiger partial charge in [-0.2, -0.15) is 0 Å². The van der Waals surface area contributed by atoms with Crippen molar-refractivity contribution in [1.29, 1.82) is 21.6 Å². The van der Waals surface area contributed by atoms with E-state index in [4.69, 9.17) is 67.5 Å². The van der Waals surface area contributed by atoms with Gasteiger partial charge in [-0.25, -0.2) is 0 Å². The molecular formula is C81H130N28O18. The summed E-state index contributed by atoms with van der Waals surface area (Å²) < 4.78 is 0. The minimum absolute atomic E-state index is 0.0162. The lowest BCUT2D eigenvalue weighted by Crippen LogP contribution is -2.63. The zero-order valence-corrected chi connectivity index (χ0v) is 72.6. The molecule has 0 aliphatic carbocycles. The molecule has 3 aromatic rings. The van der Waals surface area contributed by atoms with Crippen molar-refractivity contribution in [3.05, 3.63) is 95.1 Å². The van der Waals surface area contributed by atoms with Crippen LogP contribution in [0.5, 0.6) is 11.5 Å². The van der Waals surface area contributed by atoms with Crippen molar-refractivity contribution >= 4 is 112 Å². The molecule has 15 amide bonds. The molecule has 0 aromatic heterocycles. The van der Waals surface area contributed by atoms with Gasteiger partial charge in [0.05, 0.1) is 12.5 Å². The van der Waals surface area contributed by atoms with Crippen LogP contribution >= 0.6 is 0 Å². The molecule has 15 atom stereocenters. The second-order valence-corrected chi connectivity index (χ2v) is 31.3. The Hall–Kier alpha value is -13.7. The Morgan fingerprint density at radius 2 is 0.646 bits per heavy atom. The number of aliphatic hydroxyl groups excluding tert-OH is 1. The summed E-state index contributed by atoms with van der Waals surface area (Å²) in [5.74, 6) is -19.0. The predicted molar refractivity (Wildman–Crippen MR) is 469 cm³/mol. The van der Waals surface area contributed by atoms with Crippen molar-refractivity contribution in [2.75, 3.05) is 26.2 Å². The second kappa shape index (κ2) is 55.5. The first-order valence-electron chi connectivity index (χ1n) is 41.7. The summed E-state index contributed by atoms with van der Waals surface area (Å²) in [6.45, 7) is 11.2. The minimum atomic E-state index is -1.94. The molecule has 3 rings (SSSR count). The van der Waals surface area contributed by atoms with Gasteiger partial charge in [-0.3, -0.25) is 93.6 Å². The van der Waals surface area contributed by atoms with E-state index in [1.807, 2.05) is 0 Å². The van der Waals surface area contributed by atoms with E-state index < -0.39 is 222 Å². The molecule has 0 aliphatic rings. The van der Waals surface area contributed by atoms with Crippen LogP contribution in [0, 0.1) is 39.4 Å². The highest BCUT2D eigenvalue weighted by Gasteiger charge is 2.40. The third kappa shape index (κ3) is 40.7. The van der Waals surface area contributed by atoms with Crippen molar-refractivity contribution in [2.24, 2.45) is 63.6 Å². The molecule has 127 heavy (non-hydrogen) atoms. The standard InChI is InChI=1S/C81H130N28O18/c1-8-42(5)62(107-74(124)58(38-46-22-28-50(112)29-23-46)105-70(120)53(16-12-34-96-80(90)91)99-67(117)51(14-10-32-94-78(86)87)98-66(116)48-24-18-47(40-82)19-25-48)75(125)106-59(39-61(84)114)72(122)104-57(36-41(3)4)73(123)108-63(43(6)9-2)76(126)109-64(44(7)110)77(127)102-54(17-13-35-97-81(92)93)68(118)101-55(30-31-60(83)113)71(121)100-52(15-11-33-95-79(88)89)69(119)103-56(65(85)115)37-45-20-26-49(111)27-21-45/h18-29,41-44,51-59,62-64,110-112H,8-17,30-40,82H2,1-7H3,(H2,83,113)(H2,84,114)(H2,85,115)(H,98,116)(H,99,117)(H,100,121)(H,101,118)(H,102,127)(H,103,119)(H,104,122)(H,105,120)(H,106,125)(H,107,124)(H,108,123)(H,109,126)(H4,86,87,94)(H4,88,89,95)(H4,90,91,96)(H4,92,93,97)/t42-,43-,44+,51-,52-,53-,54-,55-,56-,57-,58-,59-,62-,63-,64-/m0/s1. The van der Waals surface area contributed by atoms with Gasteiger partial charge in [-0.15, -0.1) is 0 Å². The molecular weight excluding hydrogens is 1650 g/mol. The number of hydrogen-bond acceptors (Lipinski definition) is 23. The monoisotopic (exact) mass is 1780 g/mol. The SMILES string of the molecule is CC[C@H](C)[C@H](NC(=O)[C@H](Cc1ccc(O)cc1)NC(=O)[C@H](CCCNC(=N)N)NC(=O)[C@H](CCCNC(=N)N)NC(=O)c1ccc(CN)cc1)C(=O)N[C@@H](CC(N)=O)C(=O)N[C@@H](CC(C)C)C(=O)N[C@H](C(=O)N[C@H](C(=O)N[C@@H](CCCNC(=N)N)C(=O)N[C@@H](CCC(N)=O)C(=O)N[C@@H](CCCNC(=N)N)C(=O)N[C@@H](Cc1ccc(O)cc1)C(N)=O)[C@@H](C)O)[C@@H](C)CC. The maximum absolute atomic E-state index is 15.0. The van der Waals surface area contributed by atoms with Gasteiger partial charge in [0.2, 0.25) is 82.7 Å². The Labute approximate surface area is 736 Å². The molecule has 0 bridgehead atoms. The average Bonchev–Trinajstić information content (AvgIpc) is 0.842. The van der Waals surface area contributed by atoms with Crippen molar-refractivity contribution in [3.63, 3.8) is 0 Å². The third-order valence-electron chi connectivity index (χ3n) is 20.3. The summed E-state index contributed by atoms with van der Waals surface area (Å²) in [6.07, 6.45) is -4.44. The zero-order valence-electron chi connectivity index (χ0n) is 72.6. The number of aromatic hydroxyl groups is 2. The molecule has 0 saturated heterocycles. The molecule has 3 aromatic carbocycles.